The summed E-state index contributed by atoms with van der Waals surface area (Å²) in [5.41, 5.74) is 1.40. The average Bonchev–Trinajstić information content (AvgIpc) is 3.45. The number of amides is 1. The van der Waals surface area contributed by atoms with Crippen molar-refractivity contribution >= 4 is 44.9 Å². The van der Waals surface area contributed by atoms with Crippen molar-refractivity contribution in [3.63, 3.8) is 0 Å². The lowest BCUT2D eigenvalue weighted by atomic mass is 10.1. The maximum Gasteiger partial charge on any atom is 0.252 e. The van der Waals surface area contributed by atoms with E-state index < -0.39 is 0 Å². The first-order valence-corrected chi connectivity index (χ1v) is 12.0. The van der Waals surface area contributed by atoms with Crippen LogP contribution in [0.1, 0.15) is 42.5 Å². The van der Waals surface area contributed by atoms with Crippen molar-refractivity contribution < 1.29 is 4.79 Å². The molecule has 1 aliphatic rings. The molecule has 164 valence electrons. The van der Waals surface area contributed by atoms with Gasteiger partial charge in [0.15, 0.2) is 0 Å². The van der Waals surface area contributed by atoms with Crippen LogP contribution in [0.25, 0.3) is 20.7 Å². The molecule has 1 aliphatic carbocycles. The molecule has 0 spiro atoms. The fourth-order valence-corrected chi connectivity index (χ4v) is 4.76. The molecule has 4 rings (SSSR count). The smallest absolute Gasteiger partial charge is 0.252 e. The number of anilines is 1. The van der Waals surface area contributed by atoms with Crippen molar-refractivity contribution in [2.24, 2.45) is 0 Å². The van der Waals surface area contributed by atoms with Gasteiger partial charge >= 0.3 is 0 Å². The standard InChI is InChI=1S/C23H28ClN5OS/c1-29(2)12-5-3-4-11-25-23-26-14-18(24)21(28-23)20-13-17-16(7-6-8-19(17)31-20)22(30)27-15-9-10-15/h6-8,13-15H,3-5,9-12H2,1-2H3,(H,27,30)(H,25,26,28). The quantitative estimate of drug-likeness (QED) is 0.417. The van der Waals surface area contributed by atoms with Crippen LogP contribution in [0.4, 0.5) is 5.95 Å². The minimum Gasteiger partial charge on any atom is -0.354 e. The van der Waals surface area contributed by atoms with Crippen LogP contribution in [0.5, 0.6) is 0 Å². The van der Waals surface area contributed by atoms with Crippen molar-refractivity contribution in [1.29, 1.82) is 0 Å². The van der Waals surface area contributed by atoms with Gasteiger partial charge in [0.1, 0.15) is 5.69 Å². The number of nitrogens with zero attached hydrogens (tertiary/aromatic N) is 3. The van der Waals surface area contributed by atoms with Crippen LogP contribution in [0, 0.1) is 0 Å². The highest BCUT2D eigenvalue weighted by Gasteiger charge is 2.25. The van der Waals surface area contributed by atoms with E-state index in [0.717, 1.165) is 53.7 Å². The van der Waals surface area contributed by atoms with Gasteiger partial charge < -0.3 is 15.5 Å². The highest BCUT2D eigenvalue weighted by atomic mass is 35.5. The first kappa shape index (κ1) is 22.0. The Morgan fingerprint density at radius 3 is 2.87 bits per heavy atom. The molecule has 0 radical (unpaired) electrons. The Balaban J connectivity index is 1.48. The predicted octanol–water partition coefficient (Wildman–Crippen LogP) is 5.05. The summed E-state index contributed by atoms with van der Waals surface area (Å²) in [6.45, 7) is 1.93. The van der Waals surface area contributed by atoms with Gasteiger partial charge in [0.2, 0.25) is 5.95 Å². The minimum atomic E-state index is -0.0112. The number of benzene rings is 1. The maximum absolute atomic E-state index is 12.6. The summed E-state index contributed by atoms with van der Waals surface area (Å²) < 4.78 is 1.04. The second-order valence-corrected chi connectivity index (χ2v) is 9.75. The molecule has 8 heteroatoms. The number of aromatic nitrogens is 2. The highest BCUT2D eigenvalue weighted by Crippen LogP contribution is 2.37. The Morgan fingerprint density at radius 2 is 2.10 bits per heavy atom. The van der Waals surface area contributed by atoms with Gasteiger partial charge in [-0.3, -0.25) is 4.79 Å². The van der Waals surface area contributed by atoms with Crippen molar-refractivity contribution in [1.82, 2.24) is 20.2 Å². The lowest BCUT2D eigenvalue weighted by Gasteiger charge is -2.09. The molecule has 1 saturated carbocycles. The lowest BCUT2D eigenvalue weighted by Crippen LogP contribution is -2.25. The van der Waals surface area contributed by atoms with E-state index in [-0.39, 0.29) is 5.91 Å². The molecule has 3 aromatic rings. The maximum atomic E-state index is 12.6. The van der Waals surface area contributed by atoms with Crippen LogP contribution >= 0.6 is 22.9 Å². The number of hydrogen-bond donors (Lipinski definition) is 2. The summed E-state index contributed by atoms with van der Waals surface area (Å²) in [5.74, 6) is 0.569. The first-order chi connectivity index (χ1) is 15.0. The summed E-state index contributed by atoms with van der Waals surface area (Å²) in [7, 11) is 4.19. The van der Waals surface area contributed by atoms with E-state index in [1.54, 1.807) is 17.5 Å². The van der Waals surface area contributed by atoms with Gasteiger partial charge in [-0.2, -0.15) is 0 Å². The Bertz CT molecular complexity index is 1060. The number of fused-ring (bicyclic) bond motifs is 1. The molecule has 0 aliphatic heterocycles. The van der Waals surface area contributed by atoms with Gasteiger partial charge in [-0.05, 0) is 64.5 Å². The van der Waals surface area contributed by atoms with Crippen LogP contribution in [-0.2, 0) is 0 Å². The molecule has 0 bridgehead atoms. The third-order valence-electron chi connectivity index (χ3n) is 5.26. The monoisotopic (exact) mass is 457 g/mol. The molecule has 1 amide bonds. The zero-order valence-corrected chi connectivity index (χ0v) is 19.5. The van der Waals surface area contributed by atoms with Gasteiger partial charge in [-0.25, -0.2) is 9.97 Å². The van der Waals surface area contributed by atoms with Crippen molar-refractivity contribution in [2.45, 2.75) is 38.1 Å². The summed E-state index contributed by atoms with van der Waals surface area (Å²) in [6.07, 6.45) is 7.19. The van der Waals surface area contributed by atoms with E-state index in [1.165, 1.54) is 6.42 Å². The van der Waals surface area contributed by atoms with Crippen LogP contribution < -0.4 is 10.6 Å². The second kappa shape index (κ2) is 9.94. The van der Waals surface area contributed by atoms with Crippen LogP contribution in [-0.4, -0.2) is 54.0 Å². The Hall–Kier alpha value is -2.22. The number of thiophene rings is 1. The zero-order valence-electron chi connectivity index (χ0n) is 17.9. The Morgan fingerprint density at radius 1 is 1.26 bits per heavy atom. The van der Waals surface area contributed by atoms with Crippen molar-refractivity contribution in [3.8, 4) is 10.6 Å². The molecule has 0 saturated heterocycles. The number of hydrogen-bond acceptors (Lipinski definition) is 6. The van der Waals surface area contributed by atoms with E-state index in [9.17, 15) is 4.79 Å². The summed E-state index contributed by atoms with van der Waals surface area (Å²) in [4.78, 5) is 24.8. The molecule has 0 unspecified atom stereocenters. The van der Waals surface area contributed by atoms with Crippen LogP contribution in [0.2, 0.25) is 5.02 Å². The lowest BCUT2D eigenvalue weighted by molar-refractivity contribution is 0.0953. The van der Waals surface area contributed by atoms with E-state index in [2.05, 4.69) is 39.6 Å². The number of unbranched alkanes of at least 4 members (excludes halogenated alkanes) is 2. The average molecular weight is 458 g/mol. The van der Waals surface area contributed by atoms with E-state index in [0.29, 0.717) is 28.3 Å². The third kappa shape index (κ3) is 5.73. The molecule has 6 nitrogen and oxygen atoms in total. The summed E-state index contributed by atoms with van der Waals surface area (Å²) in [6, 6.07) is 8.17. The molecule has 2 aromatic heterocycles. The fourth-order valence-electron chi connectivity index (χ4n) is 3.42. The molecule has 2 N–H and O–H groups in total. The molecule has 31 heavy (non-hydrogen) atoms. The van der Waals surface area contributed by atoms with E-state index in [4.69, 9.17) is 11.6 Å². The zero-order chi connectivity index (χ0) is 21.8. The number of rotatable bonds is 10. The van der Waals surface area contributed by atoms with Crippen LogP contribution in [0.15, 0.2) is 30.5 Å². The Kier molecular flexibility index (Phi) is 7.05. The molecule has 1 fully saturated rings. The van der Waals surface area contributed by atoms with Crippen molar-refractivity contribution in [2.75, 3.05) is 32.5 Å². The topological polar surface area (TPSA) is 70.2 Å². The second-order valence-electron chi connectivity index (χ2n) is 8.26. The fraction of sp³-hybridized carbons (Fsp3) is 0.435. The number of carbonyl (C=O) groups is 1. The number of halogens is 1. The highest BCUT2D eigenvalue weighted by molar-refractivity contribution is 7.22. The van der Waals surface area contributed by atoms with Gasteiger partial charge in [0, 0.05) is 28.2 Å². The largest absolute Gasteiger partial charge is 0.354 e. The van der Waals surface area contributed by atoms with Gasteiger partial charge in [0.05, 0.1) is 16.1 Å². The normalized spacial score (nSPS) is 13.7. The minimum absolute atomic E-state index is 0.0112. The SMILES string of the molecule is CN(C)CCCCCNc1ncc(Cl)c(-c2cc3c(C(=O)NC4CC4)cccc3s2)n1. The van der Waals surface area contributed by atoms with Gasteiger partial charge in [0.25, 0.3) is 5.91 Å². The molecule has 0 atom stereocenters. The van der Waals surface area contributed by atoms with Crippen LogP contribution in [0.3, 0.4) is 0 Å². The predicted molar refractivity (Wildman–Crippen MR) is 129 cm³/mol. The molecular formula is C23H28ClN5OS. The first-order valence-electron chi connectivity index (χ1n) is 10.8. The van der Waals surface area contributed by atoms with E-state index in [1.807, 2.05) is 24.3 Å². The summed E-state index contributed by atoms with van der Waals surface area (Å²) in [5, 5.41) is 7.83. The third-order valence-corrected chi connectivity index (χ3v) is 6.64. The molecular weight excluding hydrogens is 430 g/mol. The van der Waals surface area contributed by atoms with Crippen molar-refractivity contribution in [3.05, 3.63) is 41.0 Å². The number of nitrogens with one attached hydrogen (secondary N) is 2. The Labute approximate surface area is 192 Å². The van der Waals surface area contributed by atoms with Gasteiger partial charge in [-0.15, -0.1) is 11.3 Å². The van der Waals surface area contributed by atoms with Gasteiger partial charge in [-0.1, -0.05) is 24.1 Å². The molecule has 2 heterocycles. The summed E-state index contributed by atoms with van der Waals surface area (Å²) >= 11 is 8.03. The molecule has 1 aromatic carbocycles. The number of carbonyl (C=O) groups excluding carboxylic acids is 1. The van der Waals surface area contributed by atoms with E-state index >= 15 is 0 Å².